The Morgan fingerprint density at radius 1 is 1.24 bits per heavy atom. The van der Waals surface area contributed by atoms with E-state index in [1.807, 2.05) is 12.3 Å². The molecule has 2 aromatic heterocycles. The van der Waals surface area contributed by atoms with Gasteiger partial charge in [0.2, 0.25) is 0 Å². The van der Waals surface area contributed by atoms with E-state index in [0.29, 0.717) is 0 Å². The summed E-state index contributed by atoms with van der Waals surface area (Å²) in [4.78, 5) is 13.9. The van der Waals surface area contributed by atoms with E-state index < -0.39 is 0 Å². The van der Waals surface area contributed by atoms with Crippen molar-refractivity contribution in [1.82, 2.24) is 15.0 Å². The van der Waals surface area contributed by atoms with Gasteiger partial charge in [-0.15, -0.1) is 0 Å². The SMILES string of the molecule is CCc1nc(NC2CCc3cccnc32)c(CC)nc1Br. The van der Waals surface area contributed by atoms with E-state index in [9.17, 15) is 0 Å². The Bertz CT molecular complexity index is 657. The molecule has 1 unspecified atom stereocenters. The lowest BCUT2D eigenvalue weighted by Gasteiger charge is -2.17. The fourth-order valence-electron chi connectivity index (χ4n) is 2.79. The first-order chi connectivity index (χ1) is 10.2. The van der Waals surface area contributed by atoms with E-state index in [0.717, 1.165) is 53.2 Å². The highest BCUT2D eigenvalue weighted by atomic mass is 79.9. The smallest absolute Gasteiger partial charge is 0.148 e. The van der Waals surface area contributed by atoms with Gasteiger partial charge in [-0.1, -0.05) is 19.9 Å². The molecule has 0 saturated carbocycles. The number of anilines is 1. The monoisotopic (exact) mass is 346 g/mol. The van der Waals surface area contributed by atoms with Crippen molar-refractivity contribution in [3.63, 3.8) is 0 Å². The molecule has 1 aliphatic rings. The quantitative estimate of drug-likeness (QED) is 0.913. The zero-order valence-electron chi connectivity index (χ0n) is 12.4. The number of halogens is 1. The highest BCUT2D eigenvalue weighted by Gasteiger charge is 2.24. The van der Waals surface area contributed by atoms with Gasteiger partial charge in [0.15, 0.2) is 0 Å². The van der Waals surface area contributed by atoms with E-state index in [2.05, 4.69) is 51.1 Å². The van der Waals surface area contributed by atoms with Crippen molar-refractivity contribution >= 4 is 21.7 Å². The maximum Gasteiger partial charge on any atom is 0.148 e. The van der Waals surface area contributed by atoms with Crippen LogP contribution in [0.3, 0.4) is 0 Å². The predicted molar refractivity (Wildman–Crippen MR) is 87.4 cm³/mol. The highest BCUT2D eigenvalue weighted by Crippen LogP contribution is 2.32. The molecule has 3 rings (SSSR count). The Morgan fingerprint density at radius 3 is 2.81 bits per heavy atom. The number of rotatable bonds is 4. The van der Waals surface area contributed by atoms with Gasteiger partial charge in [0.25, 0.3) is 0 Å². The summed E-state index contributed by atoms with van der Waals surface area (Å²) in [5, 5.41) is 3.56. The van der Waals surface area contributed by atoms with Crippen molar-refractivity contribution in [2.75, 3.05) is 5.32 Å². The lowest BCUT2D eigenvalue weighted by Crippen LogP contribution is -2.13. The second-order valence-corrected chi connectivity index (χ2v) is 6.00. The van der Waals surface area contributed by atoms with Crippen LogP contribution in [-0.4, -0.2) is 15.0 Å². The fraction of sp³-hybridized carbons (Fsp3) is 0.438. The van der Waals surface area contributed by atoms with Gasteiger partial charge in [0, 0.05) is 6.20 Å². The molecule has 21 heavy (non-hydrogen) atoms. The average Bonchev–Trinajstić information content (AvgIpc) is 2.92. The first-order valence-corrected chi connectivity index (χ1v) is 8.27. The number of aryl methyl sites for hydroxylation is 3. The molecule has 5 heteroatoms. The number of aromatic nitrogens is 3. The largest absolute Gasteiger partial charge is 0.360 e. The third-order valence-corrected chi connectivity index (χ3v) is 4.57. The van der Waals surface area contributed by atoms with Crippen molar-refractivity contribution in [2.45, 2.75) is 45.6 Å². The van der Waals surface area contributed by atoms with Crippen LogP contribution in [0, 0.1) is 0 Å². The first kappa shape index (κ1) is 14.4. The molecule has 4 nitrogen and oxygen atoms in total. The van der Waals surface area contributed by atoms with Gasteiger partial charge in [-0.2, -0.15) is 0 Å². The van der Waals surface area contributed by atoms with Gasteiger partial charge in [-0.05, 0) is 53.2 Å². The molecular weight excluding hydrogens is 328 g/mol. The van der Waals surface area contributed by atoms with Crippen LogP contribution in [0.25, 0.3) is 0 Å². The maximum atomic E-state index is 4.75. The third kappa shape index (κ3) is 2.79. The second-order valence-electron chi connectivity index (χ2n) is 5.25. The Balaban J connectivity index is 1.92. The number of nitrogens with one attached hydrogen (secondary N) is 1. The van der Waals surface area contributed by atoms with Crippen LogP contribution in [0.15, 0.2) is 22.9 Å². The standard InChI is InChI=1S/C16H19BrN4/c1-3-11-15(17)19-12(4-2)16(20-11)21-13-8-7-10-6-5-9-18-14(10)13/h5-6,9,13H,3-4,7-8H2,1-2H3,(H,20,21). The minimum Gasteiger partial charge on any atom is -0.360 e. The maximum absolute atomic E-state index is 4.75. The molecule has 0 aliphatic heterocycles. The van der Waals surface area contributed by atoms with E-state index in [-0.39, 0.29) is 6.04 Å². The molecule has 1 N–H and O–H groups in total. The van der Waals surface area contributed by atoms with Crippen LogP contribution >= 0.6 is 15.9 Å². The number of pyridine rings is 1. The topological polar surface area (TPSA) is 50.7 Å². The fourth-order valence-corrected chi connectivity index (χ4v) is 3.37. The van der Waals surface area contributed by atoms with Crippen LogP contribution in [0.1, 0.15) is 49.0 Å². The van der Waals surface area contributed by atoms with Gasteiger partial charge in [0.05, 0.1) is 23.1 Å². The van der Waals surface area contributed by atoms with Crippen LogP contribution in [0.2, 0.25) is 0 Å². The van der Waals surface area contributed by atoms with Gasteiger partial charge in [-0.3, -0.25) is 4.98 Å². The molecule has 0 saturated heterocycles. The van der Waals surface area contributed by atoms with Crippen molar-refractivity contribution < 1.29 is 0 Å². The molecule has 1 atom stereocenters. The van der Waals surface area contributed by atoms with Crippen LogP contribution in [-0.2, 0) is 19.3 Å². The summed E-state index contributed by atoms with van der Waals surface area (Å²) in [6.45, 7) is 4.20. The summed E-state index contributed by atoms with van der Waals surface area (Å²) >= 11 is 3.51. The molecule has 1 aliphatic carbocycles. The van der Waals surface area contributed by atoms with Crippen molar-refractivity contribution in [1.29, 1.82) is 0 Å². The zero-order valence-corrected chi connectivity index (χ0v) is 13.9. The summed E-state index contributed by atoms with van der Waals surface area (Å²) in [6, 6.07) is 4.41. The summed E-state index contributed by atoms with van der Waals surface area (Å²) in [5.74, 6) is 0.904. The van der Waals surface area contributed by atoms with Crippen LogP contribution in [0.5, 0.6) is 0 Å². The highest BCUT2D eigenvalue weighted by molar-refractivity contribution is 9.10. The van der Waals surface area contributed by atoms with E-state index in [1.165, 1.54) is 5.56 Å². The van der Waals surface area contributed by atoms with E-state index >= 15 is 0 Å². The van der Waals surface area contributed by atoms with Crippen LogP contribution < -0.4 is 5.32 Å². The molecule has 0 radical (unpaired) electrons. The molecule has 2 heterocycles. The molecule has 0 bridgehead atoms. The Morgan fingerprint density at radius 2 is 2.05 bits per heavy atom. The molecule has 0 aromatic carbocycles. The Hall–Kier alpha value is -1.49. The molecular formula is C16H19BrN4. The normalized spacial score (nSPS) is 16.8. The number of fused-ring (bicyclic) bond motifs is 1. The van der Waals surface area contributed by atoms with E-state index in [4.69, 9.17) is 4.98 Å². The predicted octanol–water partition coefficient (Wildman–Crippen LogP) is 3.86. The summed E-state index contributed by atoms with van der Waals surface area (Å²) < 4.78 is 0.859. The number of hydrogen-bond acceptors (Lipinski definition) is 4. The van der Waals surface area contributed by atoms with Crippen molar-refractivity contribution in [2.24, 2.45) is 0 Å². The van der Waals surface area contributed by atoms with Crippen LogP contribution in [0.4, 0.5) is 5.82 Å². The molecule has 0 spiro atoms. The summed E-state index contributed by atoms with van der Waals surface area (Å²) in [5.41, 5.74) is 4.49. The van der Waals surface area contributed by atoms with Crippen molar-refractivity contribution in [3.8, 4) is 0 Å². The minimum atomic E-state index is 0.242. The van der Waals surface area contributed by atoms with Gasteiger partial charge < -0.3 is 5.32 Å². The van der Waals surface area contributed by atoms with Crippen molar-refractivity contribution in [3.05, 3.63) is 45.6 Å². The minimum absolute atomic E-state index is 0.242. The Labute approximate surface area is 133 Å². The first-order valence-electron chi connectivity index (χ1n) is 7.48. The lowest BCUT2D eigenvalue weighted by molar-refractivity contribution is 0.733. The van der Waals surface area contributed by atoms with Gasteiger partial charge >= 0.3 is 0 Å². The lowest BCUT2D eigenvalue weighted by atomic mass is 10.2. The number of hydrogen-bond donors (Lipinski definition) is 1. The molecule has 110 valence electrons. The molecule has 0 amide bonds. The zero-order chi connectivity index (χ0) is 14.8. The summed E-state index contributed by atoms with van der Waals surface area (Å²) in [6.07, 6.45) is 5.73. The number of nitrogens with zero attached hydrogens (tertiary/aromatic N) is 3. The average molecular weight is 347 g/mol. The van der Waals surface area contributed by atoms with Gasteiger partial charge in [0.1, 0.15) is 10.4 Å². The molecule has 0 fully saturated rings. The second kappa shape index (κ2) is 6.10. The van der Waals surface area contributed by atoms with Gasteiger partial charge in [-0.25, -0.2) is 9.97 Å². The summed E-state index contributed by atoms with van der Waals surface area (Å²) in [7, 11) is 0. The third-order valence-electron chi connectivity index (χ3n) is 3.93. The Kier molecular flexibility index (Phi) is 4.19. The van der Waals surface area contributed by atoms with E-state index in [1.54, 1.807) is 0 Å². The molecule has 2 aromatic rings.